The second-order valence-corrected chi connectivity index (χ2v) is 2.71. The van der Waals surface area contributed by atoms with Crippen LogP contribution in [0.15, 0.2) is 18.2 Å². The maximum atomic E-state index is 5.14. The average Bonchev–Trinajstić information content (AvgIpc) is 2.16. The molecule has 0 heterocycles. The van der Waals surface area contributed by atoms with Crippen LogP contribution in [0, 0.1) is 0 Å². The molecule has 0 aliphatic heterocycles. The average molecular weight is 251 g/mol. The molecule has 0 N–H and O–H groups in total. The summed E-state index contributed by atoms with van der Waals surface area (Å²) in [5, 5.41) is 0. The van der Waals surface area contributed by atoms with Crippen LogP contribution in [0.4, 0.5) is 0 Å². The van der Waals surface area contributed by atoms with E-state index < -0.39 is 0 Å². The number of rotatable bonds is 3. The van der Waals surface area contributed by atoms with Crippen LogP contribution in [-0.2, 0) is 17.9 Å². The molecule has 0 unspecified atom stereocenters. The van der Waals surface area contributed by atoms with Crippen molar-refractivity contribution in [1.29, 1.82) is 0 Å². The van der Waals surface area contributed by atoms with Crippen LogP contribution in [0.5, 0.6) is 11.5 Å². The fourth-order valence-electron chi connectivity index (χ4n) is 0.919. The van der Waals surface area contributed by atoms with Gasteiger partial charge in [-0.1, -0.05) is 0 Å². The first kappa shape index (κ1) is 9.40. The van der Waals surface area contributed by atoms with Crippen LogP contribution in [0.25, 0.3) is 0 Å². The molecule has 0 aliphatic carbocycles. The predicted molar refractivity (Wildman–Crippen MR) is 44.7 cm³/mol. The molecule has 0 bridgehead atoms. The van der Waals surface area contributed by atoms with Crippen LogP contribution in [0.2, 0.25) is 0 Å². The van der Waals surface area contributed by atoms with Crippen LogP contribution in [0.3, 0.4) is 0 Å². The van der Waals surface area contributed by atoms with Crippen molar-refractivity contribution in [3.8, 4) is 11.5 Å². The van der Waals surface area contributed by atoms with Crippen molar-refractivity contribution in [1.82, 2.24) is 0 Å². The summed E-state index contributed by atoms with van der Waals surface area (Å²) < 4.78 is 12.1. The van der Waals surface area contributed by atoms with E-state index in [1.165, 1.54) is 0 Å². The topological polar surface area (TPSA) is 18.5 Å². The van der Waals surface area contributed by atoms with Gasteiger partial charge in [-0.05, 0) is 0 Å². The molecule has 0 aromatic heterocycles. The van der Waals surface area contributed by atoms with E-state index in [2.05, 4.69) is 17.9 Å². The zero-order chi connectivity index (χ0) is 8.97. The molecule has 0 radical (unpaired) electrons. The Labute approximate surface area is 81.7 Å². The first-order valence-electron chi connectivity index (χ1n) is 3.46. The van der Waals surface area contributed by atoms with E-state index in [0.717, 1.165) is 17.1 Å². The van der Waals surface area contributed by atoms with Gasteiger partial charge >= 0.3 is 81.4 Å². The van der Waals surface area contributed by atoms with Crippen molar-refractivity contribution >= 4 is 4.61 Å². The Hall–Kier alpha value is -0.687. The molecule has 65 valence electrons. The third kappa shape index (κ3) is 1.92. The van der Waals surface area contributed by atoms with Gasteiger partial charge in [0, 0.05) is 0 Å². The van der Waals surface area contributed by atoms with Crippen molar-refractivity contribution in [2.45, 2.75) is 0 Å². The SMILES string of the molecule is COc1ccc(OC)c([CH]=[Ru+])c1. The van der Waals surface area contributed by atoms with Gasteiger partial charge in [-0.2, -0.15) is 0 Å². The Bertz CT molecular complexity index is 284. The van der Waals surface area contributed by atoms with Crippen LogP contribution < -0.4 is 9.47 Å². The number of methoxy groups -OCH3 is 2. The van der Waals surface area contributed by atoms with Crippen molar-refractivity contribution in [3.63, 3.8) is 0 Å². The zero-order valence-corrected chi connectivity index (χ0v) is 8.72. The molecule has 0 saturated carbocycles. The predicted octanol–water partition coefficient (Wildman–Crippen LogP) is 1.40. The maximum absolute atomic E-state index is 5.14. The summed E-state index contributed by atoms with van der Waals surface area (Å²) >= 11 is 2.45. The standard InChI is InChI=1S/C9H10O2.Ru/c1-7-6-8(10-2)4-5-9(7)11-3;/h1,4-6H,2-3H3;/q;+1. The van der Waals surface area contributed by atoms with E-state index in [0.29, 0.717) is 0 Å². The zero-order valence-electron chi connectivity index (χ0n) is 6.98. The molecule has 1 aromatic rings. The summed E-state index contributed by atoms with van der Waals surface area (Å²) in [5.41, 5.74) is 1.02. The third-order valence-electron chi connectivity index (χ3n) is 1.55. The van der Waals surface area contributed by atoms with Crippen molar-refractivity contribution in [2.75, 3.05) is 14.2 Å². The molecule has 0 saturated heterocycles. The fraction of sp³-hybridized carbons (Fsp3) is 0.222. The van der Waals surface area contributed by atoms with E-state index in [4.69, 9.17) is 9.47 Å². The minimum atomic E-state index is 0.840. The second kappa shape index (κ2) is 4.37. The van der Waals surface area contributed by atoms with E-state index in [1.54, 1.807) is 14.2 Å². The molecule has 0 atom stereocenters. The number of hydrogen-bond acceptors (Lipinski definition) is 2. The summed E-state index contributed by atoms with van der Waals surface area (Å²) in [7, 11) is 3.30. The van der Waals surface area contributed by atoms with Crippen LogP contribution >= 0.6 is 0 Å². The first-order valence-corrected chi connectivity index (χ1v) is 4.46. The van der Waals surface area contributed by atoms with Crippen molar-refractivity contribution < 1.29 is 27.3 Å². The normalized spacial score (nSPS) is 9.17. The number of hydrogen-bond donors (Lipinski definition) is 0. The monoisotopic (exact) mass is 252 g/mol. The summed E-state index contributed by atoms with van der Waals surface area (Å²) in [6.45, 7) is 0. The quantitative estimate of drug-likeness (QED) is 0.756. The number of benzene rings is 1. The Morgan fingerprint density at radius 3 is 2.50 bits per heavy atom. The van der Waals surface area contributed by atoms with Gasteiger partial charge in [-0.15, -0.1) is 0 Å². The molecular formula is C9H10O2Ru+. The van der Waals surface area contributed by atoms with Crippen LogP contribution in [0.1, 0.15) is 5.56 Å². The molecule has 0 amide bonds. The minimum absolute atomic E-state index is 0.840. The molecule has 0 fully saturated rings. The van der Waals surface area contributed by atoms with Crippen LogP contribution in [-0.4, -0.2) is 18.8 Å². The first-order chi connectivity index (χ1) is 5.81. The van der Waals surface area contributed by atoms with Gasteiger partial charge in [0.2, 0.25) is 0 Å². The Morgan fingerprint density at radius 2 is 2.00 bits per heavy atom. The molecule has 0 aliphatic rings. The molecule has 1 aromatic carbocycles. The van der Waals surface area contributed by atoms with Gasteiger partial charge in [0.25, 0.3) is 0 Å². The van der Waals surface area contributed by atoms with E-state index in [1.807, 2.05) is 22.8 Å². The Balaban J connectivity index is 3.10. The summed E-state index contributed by atoms with van der Waals surface area (Å²) in [6.07, 6.45) is 0. The molecule has 0 spiro atoms. The van der Waals surface area contributed by atoms with E-state index in [9.17, 15) is 0 Å². The Kier molecular flexibility index (Phi) is 3.42. The van der Waals surface area contributed by atoms with Gasteiger partial charge in [0.15, 0.2) is 0 Å². The summed E-state index contributed by atoms with van der Waals surface area (Å²) in [4.78, 5) is 0. The van der Waals surface area contributed by atoms with Gasteiger partial charge in [0.05, 0.1) is 0 Å². The van der Waals surface area contributed by atoms with Gasteiger partial charge in [-0.3, -0.25) is 0 Å². The third-order valence-corrected chi connectivity index (χ3v) is 2.09. The van der Waals surface area contributed by atoms with Gasteiger partial charge in [0.1, 0.15) is 0 Å². The van der Waals surface area contributed by atoms with Gasteiger partial charge in [-0.25, -0.2) is 0 Å². The molecule has 3 heteroatoms. The molecule has 1 rings (SSSR count). The molecule has 12 heavy (non-hydrogen) atoms. The molecular weight excluding hydrogens is 241 g/mol. The molecule has 2 nitrogen and oxygen atoms in total. The van der Waals surface area contributed by atoms with E-state index in [-0.39, 0.29) is 0 Å². The Morgan fingerprint density at radius 1 is 1.25 bits per heavy atom. The second-order valence-electron chi connectivity index (χ2n) is 2.21. The summed E-state index contributed by atoms with van der Waals surface area (Å²) in [5.74, 6) is 1.70. The van der Waals surface area contributed by atoms with E-state index >= 15 is 0 Å². The van der Waals surface area contributed by atoms with Gasteiger partial charge < -0.3 is 0 Å². The van der Waals surface area contributed by atoms with Crippen molar-refractivity contribution in [3.05, 3.63) is 23.8 Å². The summed E-state index contributed by atoms with van der Waals surface area (Å²) in [6, 6.07) is 5.68. The van der Waals surface area contributed by atoms with Crippen molar-refractivity contribution in [2.24, 2.45) is 0 Å². The number of ether oxygens (including phenoxy) is 2. The fourth-order valence-corrected chi connectivity index (χ4v) is 1.31.